The van der Waals surface area contributed by atoms with Crippen molar-refractivity contribution in [1.82, 2.24) is 4.72 Å². The van der Waals surface area contributed by atoms with E-state index in [4.69, 9.17) is 4.74 Å². The Hall–Kier alpha value is -3.16. The second-order valence-electron chi connectivity index (χ2n) is 7.52. The van der Waals surface area contributed by atoms with Gasteiger partial charge < -0.3 is 10.1 Å². The van der Waals surface area contributed by atoms with Gasteiger partial charge in [0.25, 0.3) is 5.91 Å². The van der Waals surface area contributed by atoms with Crippen LogP contribution in [0.15, 0.2) is 83.8 Å². The molecule has 0 fully saturated rings. The van der Waals surface area contributed by atoms with E-state index in [-0.39, 0.29) is 16.8 Å². The lowest BCUT2D eigenvalue weighted by Crippen LogP contribution is -2.31. The Morgan fingerprint density at radius 2 is 1.59 bits per heavy atom. The van der Waals surface area contributed by atoms with Gasteiger partial charge in [-0.25, -0.2) is 13.1 Å². The molecule has 0 saturated heterocycles. The number of anilines is 1. The van der Waals surface area contributed by atoms with Gasteiger partial charge in [0, 0.05) is 23.7 Å². The molecular formula is C25H28N2O4S. The fourth-order valence-corrected chi connectivity index (χ4v) is 4.30. The van der Waals surface area contributed by atoms with E-state index in [9.17, 15) is 13.2 Å². The SMILES string of the molecule is CCC(C)NS(=O)(=O)c1ccc(NC(=O)c2ccc(OCCc3ccccc3)cc2)cc1. The van der Waals surface area contributed by atoms with Crippen molar-refractivity contribution in [3.8, 4) is 5.75 Å². The van der Waals surface area contributed by atoms with Gasteiger partial charge >= 0.3 is 0 Å². The highest BCUT2D eigenvalue weighted by atomic mass is 32.2. The number of hydrogen-bond donors (Lipinski definition) is 2. The minimum atomic E-state index is -3.58. The molecular weight excluding hydrogens is 424 g/mol. The van der Waals surface area contributed by atoms with Gasteiger partial charge in [0.1, 0.15) is 5.75 Å². The van der Waals surface area contributed by atoms with Crippen molar-refractivity contribution in [2.75, 3.05) is 11.9 Å². The second-order valence-corrected chi connectivity index (χ2v) is 9.23. The van der Waals surface area contributed by atoms with Gasteiger partial charge in [-0.1, -0.05) is 37.3 Å². The first kappa shape index (κ1) is 23.5. The van der Waals surface area contributed by atoms with Crippen LogP contribution in [0.25, 0.3) is 0 Å². The summed E-state index contributed by atoms with van der Waals surface area (Å²) in [6.07, 6.45) is 1.51. The molecule has 0 heterocycles. The summed E-state index contributed by atoms with van der Waals surface area (Å²) in [5.74, 6) is 0.412. The summed E-state index contributed by atoms with van der Waals surface area (Å²) in [5, 5.41) is 2.78. The van der Waals surface area contributed by atoms with Gasteiger partial charge in [-0.05, 0) is 67.4 Å². The molecule has 0 saturated carbocycles. The molecule has 3 aromatic carbocycles. The lowest BCUT2D eigenvalue weighted by Gasteiger charge is -2.12. The number of ether oxygens (including phenoxy) is 1. The molecule has 1 atom stereocenters. The second kappa shape index (κ2) is 10.9. The highest BCUT2D eigenvalue weighted by molar-refractivity contribution is 7.89. The van der Waals surface area contributed by atoms with Crippen LogP contribution in [0, 0.1) is 0 Å². The van der Waals surface area contributed by atoms with Crippen molar-refractivity contribution in [3.05, 3.63) is 90.0 Å². The molecule has 0 radical (unpaired) electrons. The fourth-order valence-electron chi connectivity index (χ4n) is 2.97. The van der Waals surface area contributed by atoms with Crippen LogP contribution in [0.3, 0.4) is 0 Å². The first-order valence-electron chi connectivity index (χ1n) is 10.6. The third-order valence-electron chi connectivity index (χ3n) is 5.01. The minimum absolute atomic E-state index is 0.148. The quantitative estimate of drug-likeness (QED) is 0.469. The summed E-state index contributed by atoms with van der Waals surface area (Å²) < 4.78 is 33.0. The fraction of sp³-hybridized carbons (Fsp3) is 0.240. The summed E-state index contributed by atoms with van der Waals surface area (Å²) in [6.45, 7) is 4.28. The minimum Gasteiger partial charge on any atom is -0.493 e. The molecule has 3 rings (SSSR count). The molecule has 32 heavy (non-hydrogen) atoms. The largest absolute Gasteiger partial charge is 0.493 e. The van der Waals surface area contributed by atoms with Gasteiger partial charge in [0.15, 0.2) is 0 Å². The van der Waals surface area contributed by atoms with Gasteiger partial charge in [-0.3, -0.25) is 4.79 Å². The smallest absolute Gasteiger partial charge is 0.255 e. The molecule has 0 aliphatic rings. The first-order valence-corrected chi connectivity index (χ1v) is 12.1. The van der Waals surface area contributed by atoms with E-state index in [1.54, 1.807) is 36.4 Å². The summed E-state index contributed by atoms with van der Waals surface area (Å²) >= 11 is 0. The molecule has 1 amide bonds. The van der Waals surface area contributed by atoms with E-state index in [2.05, 4.69) is 22.2 Å². The number of carbonyl (C=O) groups excluding carboxylic acids is 1. The average Bonchev–Trinajstić information content (AvgIpc) is 2.80. The van der Waals surface area contributed by atoms with Crippen LogP contribution in [-0.4, -0.2) is 27.0 Å². The number of carbonyl (C=O) groups is 1. The molecule has 0 aliphatic heterocycles. The van der Waals surface area contributed by atoms with Crippen LogP contribution in [0.5, 0.6) is 5.75 Å². The molecule has 0 bridgehead atoms. The monoisotopic (exact) mass is 452 g/mol. The zero-order valence-corrected chi connectivity index (χ0v) is 19.1. The first-order chi connectivity index (χ1) is 15.4. The topological polar surface area (TPSA) is 84.5 Å². The Balaban J connectivity index is 1.54. The van der Waals surface area contributed by atoms with Gasteiger partial charge in [-0.15, -0.1) is 0 Å². The Kier molecular flexibility index (Phi) is 8.03. The number of rotatable bonds is 10. The highest BCUT2D eigenvalue weighted by Gasteiger charge is 2.16. The lowest BCUT2D eigenvalue weighted by atomic mass is 10.2. The van der Waals surface area contributed by atoms with Crippen LogP contribution < -0.4 is 14.8 Å². The van der Waals surface area contributed by atoms with Crippen molar-refractivity contribution in [3.63, 3.8) is 0 Å². The predicted octanol–water partition coefficient (Wildman–Crippen LogP) is 4.64. The molecule has 0 spiro atoms. The zero-order chi connectivity index (χ0) is 23.0. The van der Waals surface area contributed by atoms with Crippen LogP contribution in [-0.2, 0) is 16.4 Å². The molecule has 6 nitrogen and oxygen atoms in total. The van der Waals surface area contributed by atoms with Crippen molar-refractivity contribution >= 4 is 21.6 Å². The number of sulfonamides is 1. The van der Waals surface area contributed by atoms with E-state index < -0.39 is 10.0 Å². The number of amides is 1. The van der Waals surface area contributed by atoms with E-state index in [1.807, 2.05) is 32.0 Å². The molecule has 7 heteroatoms. The molecule has 1 unspecified atom stereocenters. The molecule has 3 aromatic rings. The number of hydrogen-bond acceptors (Lipinski definition) is 4. The molecule has 2 N–H and O–H groups in total. The summed E-state index contributed by atoms with van der Waals surface area (Å²) in [6, 6.07) is 23.0. The maximum atomic E-state index is 12.5. The molecule has 0 aromatic heterocycles. The Bertz CT molecular complexity index is 1110. The molecule has 168 valence electrons. The maximum absolute atomic E-state index is 12.5. The standard InChI is InChI=1S/C25H28N2O4S/c1-3-19(2)27-32(29,30)24-15-11-22(12-16-24)26-25(28)21-9-13-23(14-10-21)31-18-17-20-7-5-4-6-8-20/h4-16,19,27H,3,17-18H2,1-2H3,(H,26,28). The normalized spacial score (nSPS) is 12.2. The predicted molar refractivity (Wildman–Crippen MR) is 127 cm³/mol. The van der Waals surface area contributed by atoms with E-state index >= 15 is 0 Å². The van der Waals surface area contributed by atoms with Gasteiger partial charge in [0.05, 0.1) is 11.5 Å². The summed E-state index contributed by atoms with van der Waals surface area (Å²) in [7, 11) is -3.58. The van der Waals surface area contributed by atoms with Crippen LogP contribution >= 0.6 is 0 Å². The Labute approximate surface area is 189 Å². The Morgan fingerprint density at radius 3 is 2.22 bits per heavy atom. The highest BCUT2D eigenvalue weighted by Crippen LogP contribution is 2.17. The summed E-state index contributed by atoms with van der Waals surface area (Å²) in [5.41, 5.74) is 2.20. The van der Waals surface area contributed by atoms with Crippen molar-refractivity contribution < 1.29 is 17.9 Å². The van der Waals surface area contributed by atoms with Crippen molar-refractivity contribution in [2.24, 2.45) is 0 Å². The van der Waals surface area contributed by atoms with Gasteiger partial charge in [0.2, 0.25) is 10.0 Å². The van der Waals surface area contributed by atoms with Crippen LogP contribution in [0.4, 0.5) is 5.69 Å². The van der Waals surface area contributed by atoms with Crippen LogP contribution in [0.2, 0.25) is 0 Å². The average molecular weight is 453 g/mol. The van der Waals surface area contributed by atoms with E-state index in [1.165, 1.54) is 17.7 Å². The zero-order valence-electron chi connectivity index (χ0n) is 18.2. The van der Waals surface area contributed by atoms with Crippen molar-refractivity contribution in [2.45, 2.75) is 37.6 Å². The number of nitrogens with one attached hydrogen (secondary N) is 2. The van der Waals surface area contributed by atoms with E-state index in [0.717, 1.165) is 6.42 Å². The lowest BCUT2D eigenvalue weighted by molar-refractivity contribution is 0.102. The Morgan fingerprint density at radius 1 is 0.938 bits per heavy atom. The van der Waals surface area contributed by atoms with Crippen LogP contribution in [0.1, 0.15) is 36.2 Å². The van der Waals surface area contributed by atoms with E-state index in [0.29, 0.717) is 30.0 Å². The van der Waals surface area contributed by atoms with Crippen molar-refractivity contribution in [1.29, 1.82) is 0 Å². The third kappa shape index (κ3) is 6.67. The maximum Gasteiger partial charge on any atom is 0.255 e. The van der Waals surface area contributed by atoms with Gasteiger partial charge in [-0.2, -0.15) is 0 Å². The third-order valence-corrected chi connectivity index (χ3v) is 6.62. The number of benzene rings is 3. The summed E-state index contributed by atoms with van der Waals surface area (Å²) in [4.78, 5) is 12.7. The molecule has 0 aliphatic carbocycles.